The standard InChI is InChI=1S/C21H24N4O2S/c1-13(2)18-12-28-21(23-18)24-20(27)15-9-19(26)25(11-15)8-7-14-10-22-17-6-4-3-5-16(14)17/h3-6,10,12-13,15,22H,7-9,11H2,1-2H3,(H,23,24,27)/t15-/m1/s1. The van der Waals surface area contributed by atoms with Gasteiger partial charge in [-0.1, -0.05) is 32.0 Å². The van der Waals surface area contributed by atoms with E-state index in [0.29, 0.717) is 24.1 Å². The van der Waals surface area contributed by atoms with Crippen molar-refractivity contribution >= 4 is 39.2 Å². The van der Waals surface area contributed by atoms with Gasteiger partial charge in [-0.3, -0.25) is 9.59 Å². The summed E-state index contributed by atoms with van der Waals surface area (Å²) in [6, 6.07) is 8.15. The number of nitrogens with one attached hydrogen (secondary N) is 2. The molecule has 2 aromatic heterocycles. The Labute approximate surface area is 168 Å². The number of hydrogen-bond acceptors (Lipinski definition) is 4. The van der Waals surface area contributed by atoms with Crippen molar-refractivity contribution in [2.24, 2.45) is 5.92 Å². The zero-order valence-electron chi connectivity index (χ0n) is 16.1. The number of anilines is 1. The van der Waals surface area contributed by atoms with Crippen LogP contribution < -0.4 is 5.32 Å². The van der Waals surface area contributed by atoms with Crippen LogP contribution in [0.1, 0.15) is 37.4 Å². The number of thiazole rings is 1. The molecular weight excluding hydrogens is 372 g/mol. The van der Waals surface area contributed by atoms with E-state index in [1.807, 2.05) is 29.8 Å². The smallest absolute Gasteiger partial charge is 0.231 e. The summed E-state index contributed by atoms with van der Waals surface area (Å²) in [7, 11) is 0. The van der Waals surface area contributed by atoms with Crippen molar-refractivity contribution in [2.45, 2.75) is 32.6 Å². The Morgan fingerprint density at radius 3 is 3.00 bits per heavy atom. The van der Waals surface area contributed by atoms with Crippen LogP contribution in [0.2, 0.25) is 0 Å². The number of fused-ring (bicyclic) bond motifs is 1. The molecule has 2 N–H and O–H groups in total. The van der Waals surface area contributed by atoms with Gasteiger partial charge in [0.1, 0.15) is 0 Å². The molecule has 4 rings (SSSR count). The monoisotopic (exact) mass is 396 g/mol. The second kappa shape index (κ2) is 7.75. The third-order valence-corrected chi connectivity index (χ3v) is 6.03. The second-order valence-electron chi connectivity index (χ2n) is 7.57. The van der Waals surface area contributed by atoms with Gasteiger partial charge in [0.2, 0.25) is 11.8 Å². The molecule has 0 aliphatic carbocycles. The van der Waals surface area contributed by atoms with Gasteiger partial charge in [-0.15, -0.1) is 11.3 Å². The van der Waals surface area contributed by atoms with Crippen LogP contribution in [0.3, 0.4) is 0 Å². The number of benzene rings is 1. The minimum absolute atomic E-state index is 0.0435. The van der Waals surface area contributed by atoms with Crippen molar-refractivity contribution in [3.63, 3.8) is 0 Å². The lowest BCUT2D eigenvalue weighted by atomic mass is 10.1. The molecule has 1 aliphatic rings. The first-order valence-corrected chi connectivity index (χ1v) is 10.5. The van der Waals surface area contributed by atoms with E-state index in [4.69, 9.17) is 0 Å². The molecular formula is C21H24N4O2S. The van der Waals surface area contributed by atoms with Crippen molar-refractivity contribution in [2.75, 3.05) is 18.4 Å². The van der Waals surface area contributed by atoms with E-state index in [9.17, 15) is 9.59 Å². The Kier molecular flexibility index (Phi) is 5.17. The lowest BCUT2D eigenvalue weighted by Gasteiger charge is -2.16. The van der Waals surface area contributed by atoms with Crippen molar-refractivity contribution in [1.82, 2.24) is 14.9 Å². The van der Waals surface area contributed by atoms with E-state index in [-0.39, 0.29) is 24.2 Å². The van der Waals surface area contributed by atoms with Gasteiger partial charge >= 0.3 is 0 Å². The van der Waals surface area contributed by atoms with Crippen LogP contribution in [-0.4, -0.2) is 39.8 Å². The minimum atomic E-state index is -0.318. The summed E-state index contributed by atoms with van der Waals surface area (Å²) < 4.78 is 0. The Balaban J connectivity index is 1.34. The molecule has 146 valence electrons. The number of carbonyl (C=O) groups excluding carboxylic acids is 2. The molecule has 1 saturated heterocycles. The number of likely N-dealkylation sites (tertiary alicyclic amines) is 1. The summed E-state index contributed by atoms with van der Waals surface area (Å²) in [5.74, 6) is -0.0635. The van der Waals surface area contributed by atoms with Crippen molar-refractivity contribution in [1.29, 1.82) is 0 Å². The highest BCUT2D eigenvalue weighted by Gasteiger charge is 2.34. The normalized spacial score (nSPS) is 17.0. The Morgan fingerprint density at radius 2 is 2.21 bits per heavy atom. The number of para-hydroxylation sites is 1. The predicted molar refractivity (Wildman–Crippen MR) is 112 cm³/mol. The predicted octanol–water partition coefficient (Wildman–Crippen LogP) is 3.78. The molecule has 3 heterocycles. The lowest BCUT2D eigenvalue weighted by Crippen LogP contribution is -2.30. The second-order valence-corrected chi connectivity index (χ2v) is 8.43. The fourth-order valence-electron chi connectivity index (χ4n) is 3.57. The number of aromatic amines is 1. The van der Waals surface area contributed by atoms with Gasteiger partial charge in [0.05, 0.1) is 11.6 Å². The number of amides is 2. The molecule has 7 heteroatoms. The molecule has 0 saturated carbocycles. The summed E-state index contributed by atoms with van der Waals surface area (Å²) in [6.07, 6.45) is 3.04. The number of H-pyrrole nitrogens is 1. The van der Waals surface area contributed by atoms with Crippen LogP contribution in [0.25, 0.3) is 10.9 Å². The molecule has 2 amide bonds. The molecule has 0 unspecified atom stereocenters. The van der Waals surface area contributed by atoms with Crippen LogP contribution in [-0.2, 0) is 16.0 Å². The molecule has 1 fully saturated rings. The van der Waals surface area contributed by atoms with Crippen LogP contribution in [0.5, 0.6) is 0 Å². The molecule has 1 aliphatic heterocycles. The third-order valence-electron chi connectivity index (χ3n) is 5.25. The van der Waals surface area contributed by atoms with E-state index in [0.717, 1.165) is 17.6 Å². The number of rotatable bonds is 6. The Bertz CT molecular complexity index is 1010. The molecule has 28 heavy (non-hydrogen) atoms. The van der Waals surface area contributed by atoms with Crippen LogP contribution >= 0.6 is 11.3 Å². The summed E-state index contributed by atoms with van der Waals surface area (Å²) in [5.41, 5.74) is 3.27. The van der Waals surface area contributed by atoms with Crippen LogP contribution in [0.4, 0.5) is 5.13 Å². The van der Waals surface area contributed by atoms with Crippen LogP contribution in [0, 0.1) is 5.92 Å². The van der Waals surface area contributed by atoms with E-state index < -0.39 is 0 Å². The largest absolute Gasteiger partial charge is 0.361 e. The van der Waals surface area contributed by atoms with E-state index in [2.05, 4.69) is 35.2 Å². The molecule has 0 bridgehead atoms. The van der Waals surface area contributed by atoms with Gasteiger partial charge in [-0.25, -0.2) is 4.98 Å². The average Bonchev–Trinajstić information content (AvgIpc) is 3.39. The van der Waals surface area contributed by atoms with E-state index in [1.54, 1.807) is 4.90 Å². The highest BCUT2D eigenvalue weighted by Crippen LogP contribution is 2.25. The van der Waals surface area contributed by atoms with Gasteiger partial charge < -0.3 is 15.2 Å². The van der Waals surface area contributed by atoms with Gasteiger partial charge in [0.25, 0.3) is 0 Å². The highest BCUT2D eigenvalue weighted by atomic mass is 32.1. The van der Waals surface area contributed by atoms with Crippen molar-refractivity contribution in [3.8, 4) is 0 Å². The molecule has 0 spiro atoms. The fourth-order valence-corrected chi connectivity index (χ4v) is 4.45. The molecule has 3 aromatic rings. The topological polar surface area (TPSA) is 78.1 Å². The molecule has 0 radical (unpaired) electrons. The number of hydrogen-bond donors (Lipinski definition) is 2. The lowest BCUT2D eigenvalue weighted by molar-refractivity contribution is -0.128. The van der Waals surface area contributed by atoms with Gasteiger partial charge in [0, 0.05) is 42.0 Å². The number of aromatic nitrogens is 2. The first-order chi connectivity index (χ1) is 13.5. The summed E-state index contributed by atoms with van der Waals surface area (Å²) in [4.78, 5) is 34.5. The quantitative estimate of drug-likeness (QED) is 0.666. The SMILES string of the molecule is CC(C)c1csc(NC(=O)[C@@H]2CC(=O)N(CCc3c[nH]c4ccccc34)C2)n1. The zero-order valence-corrected chi connectivity index (χ0v) is 16.9. The molecule has 1 aromatic carbocycles. The Morgan fingerprint density at radius 1 is 1.39 bits per heavy atom. The van der Waals surface area contributed by atoms with E-state index in [1.165, 1.54) is 22.3 Å². The van der Waals surface area contributed by atoms with Gasteiger partial charge in [0.15, 0.2) is 5.13 Å². The first kappa shape index (κ1) is 18.7. The van der Waals surface area contributed by atoms with Crippen molar-refractivity contribution in [3.05, 3.63) is 47.1 Å². The third kappa shape index (κ3) is 3.80. The van der Waals surface area contributed by atoms with Gasteiger partial charge in [-0.05, 0) is 24.0 Å². The summed E-state index contributed by atoms with van der Waals surface area (Å²) in [5, 5.41) is 6.64. The van der Waals surface area contributed by atoms with Crippen molar-refractivity contribution < 1.29 is 9.59 Å². The molecule has 1 atom stereocenters. The highest BCUT2D eigenvalue weighted by molar-refractivity contribution is 7.13. The summed E-state index contributed by atoms with van der Waals surface area (Å²) >= 11 is 1.43. The first-order valence-electron chi connectivity index (χ1n) is 9.60. The average molecular weight is 397 g/mol. The maximum atomic E-state index is 12.6. The molecule has 6 nitrogen and oxygen atoms in total. The maximum absolute atomic E-state index is 12.6. The maximum Gasteiger partial charge on any atom is 0.231 e. The van der Waals surface area contributed by atoms with E-state index >= 15 is 0 Å². The Hall–Kier alpha value is -2.67. The summed E-state index contributed by atoms with van der Waals surface area (Å²) in [6.45, 7) is 5.23. The van der Waals surface area contributed by atoms with Crippen LogP contribution in [0.15, 0.2) is 35.8 Å². The number of carbonyl (C=O) groups is 2. The number of nitrogens with zero attached hydrogens (tertiary/aromatic N) is 2. The fraction of sp³-hybridized carbons (Fsp3) is 0.381. The van der Waals surface area contributed by atoms with Gasteiger partial charge in [-0.2, -0.15) is 0 Å². The zero-order chi connectivity index (χ0) is 19.7. The minimum Gasteiger partial charge on any atom is -0.361 e.